The van der Waals surface area contributed by atoms with Gasteiger partial charge in [-0.25, -0.2) is 8.42 Å². The molecule has 1 aliphatic heterocycles. The van der Waals surface area contributed by atoms with Gasteiger partial charge in [-0.15, -0.1) is 5.92 Å². The number of rotatable bonds is 5. The Hall–Kier alpha value is -3.39. The molecule has 0 fully saturated rings. The van der Waals surface area contributed by atoms with Gasteiger partial charge in [0.2, 0.25) is 15.9 Å². The molecule has 0 saturated heterocycles. The van der Waals surface area contributed by atoms with Crippen LogP contribution in [0.15, 0.2) is 53.4 Å². The van der Waals surface area contributed by atoms with Crippen molar-refractivity contribution in [2.24, 2.45) is 0 Å². The number of carbonyl (C=O) groups excluding carboxylic acids is 1. The molecule has 1 amide bonds. The summed E-state index contributed by atoms with van der Waals surface area (Å²) in [5.74, 6) is 4.19. The molecule has 1 atom stereocenters. The molecule has 0 bridgehead atoms. The Morgan fingerprint density at radius 3 is 2.32 bits per heavy atom. The summed E-state index contributed by atoms with van der Waals surface area (Å²) in [6.45, 7) is 2.71. The molecule has 0 aliphatic carbocycles. The van der Waals surface area contributed by atoms with Crippen molar-refractivity contribution in [3.05, 3.63) is 54.1 Å². The lowest BCUT2D eigenvalue weighted by Gasteiger charge is -2.28. The number of carboxylic acids is 1. The van der Waals surface area contributed by atoms with Crippen LogP contribution in [0.3, 0.4) is 0 Å². The van der Waals surface area contributed by atoms with Crippen LogP contribution in [0.1, 0.15) is 19.4 Å². The quantitative estimate of drug-likeness (QED) is 0.619. The highest BCUT2D eigenvalue weighted by Crippen LogP contribution is 2.31. The molecule has 0 aromatic heterocycles. The molecule has 0 radical (unpaired) electrons. The van der Waals surface area contributed by atoms with Crippen LogP contribution in [-0.4, -0.2) is 63.0 Å². The van der Waals surface area contributed by atoms with E-state index in [2.05, 4.69) is 17.2 Å². The van der Waals surface area contributed by atoms with E-state index in [9.17, 15) is 23.1 Å². The summed E-state index contributed by atoms with van der Waals surface area (Å²) in [5.41, 5.74) is 1.04. The second-order valence-electron chi connectivity index (χ2n) is 7.35. The van der Waals surface area contributed by atoms with E-state index < -0.39 is 22.0 Å². The summed E-state index contributed by atoms with van der Waals surface area (Å²) in [6, 6.07) is 11.1. The predicted molar refractivity (Wildman–Crippen MR) is 129 cm³/mol. The smallest absolute Gasteiger partial charge is 0.323 e. The number of amides is 1. The number of para-hydroxylation sites is 1. The van der Waals surface area contributed by atoms with Gasteiger partial charge >= 0.3 is 5.97 Å². The number of sulfonamides is 1. The highest BCUT2D eigenvalue weighted by Gasteiger charge is 2.41. The van der Waals surface area contributed by atoms with Gasteiger partial charge in [0.1, 0.15) is 18.4 Å². The minimum Gasteiger partial charge on any atom is -0.481 e. The Labute approximate surface area is 200 Å². The Kier molecular flexibility index (Phi) is 9.62. The molecule has 10 heteroatoms. The highest BCUT2D eigenvalue weighted by molar-refractivity contribution is 7.89. The lowest BCUT2D eigenvalue weighted by Crippen LogP contribution is -2.49. The van der Waals surface area contributed by atoms with Crippen molar-refractivity contribution in [2.45, 2.75) is 31.3 Å². The molecule has 0 saturated carbocycles. The number of aliphatic carboxylic acids is 1. The summed E-state index contributed by atoms with van der Waals surface area (Å²) in [6.07, 6.45) is 0. The van der Waals surface area contributed by atoms with Crippen molar-refractivity contribution in [1.82, 2.24) is 9.62 Å². The van der Waals surface area contributed by atoms with E-state index in [0.29, 0.717) is 17.0 Å². The number of benzene rings is 2. The SMILES string of the molecule is CC#CCOc1ccc(S(=O)(=O)N2Cc3ccccc3N(C(C)=O)CC2C(=O)O)cc1.CNC. The van der Waals surface area contributed by atoms with Crippen LogP contribution in [0, 0.1) is 11.8 Å². The van der Waals surface area contributed by atoms with Crippen molar-refractivity contribution >= 4 is 27.6 Å². The molecular formula is C24H29N3O6S. The molecule has 1 heterocycles. The minimum atomic E-state index is -4.18. The fraction of sp³-hybridized carbons (Fsp3) is 0.333. The van der Waals surface area contributed by atoms with E-state index in [4.69, 9.17) is 4.74 Å². The maximum atomic E-state index is 13.4. The third-order valence-electron chi connectivity index (χ3n) is 4.90. The van der Waals surface area contributed by atoms with Crippen LogP contribution in [0.5, 0.6) is 5.75 Å². The zero-order chi connectivity index (χ0) is 25.3. The van der Waals surface area contributed by atoms with E-state index >= 15 is 0 Å². The molecule has 9 nitrogen and oxygen atoms in total. The number of carbonyl (C=O) groups is 2. The lowest BCUT2D eigenvalue weighted by atomic mass is 10.1. The molecule has 1 unspecified atom stereocenters. The zero-order valence-corrected chi connectivity index (χ0v) is 20.4. The Morgan fingerprint density at radius 2 is 1.76 bits per heavy atom. The summed E-state index contributed by atoms with van der Waals surface area (Å²) in [7, 11) is -0.432. The van der Waals surface area contributed by atoms with Gasteiger partial charge in [-0.05, 0) is 56.9 Å². The summed E-state index contributed by atoms with van der Waals surface area (Å²) >= 11 is 0. The zero-order valence-electron chi connectivity index (χ0n) is 19.6. The van der Waals surface area contributed by atoms with E-state index in [0.717, 1.165) is 4.31 Å². The van der Waals surface area contributed by atoms with Crippen LogP contribution < -0.4 is 15.0 Å². The van der Waals surface area contributed by atoms with Gasteiger partial charge in [0.05, 0.1) is 11.4 Å². The summed E-state index contributed by atoms with van der Waals surface area (Å²) in [4.78, 5) is 25.5. The average molecular weight is 488 g/mol. The van der Waals surface area contributed by atoms with Crippen molar-refractivity contribution in [2.75, 3.05) is 32.1 Å². The second kappa shape index (κ2) is 12.2. The number of hydrogen-bond donors (Lipinski definition) is 2. The monoisotopic (exact) mass is 487 g/mol. The molecule has 1 aliphatic rings. The third kappa shape index (κ3) is 6.35. The maximum absolute atomic E-state index is 13.4. The number of anilines is 1. The molecule has 2 aromatic rings. The first-order valence-corrected chi connectivity index (χ1v) is 11.9. The highest BCUT2D eigenvalue weighted by atomic mass is 32.2. The molecular weight excluding hydrogens is 458 g/mol. The van der Waals surface area contributed by atoms with Crippen molar-refractivity contribution < 1.29 is 27.9 Å². The number of hydrogen-bond acceptors (Lipinski definition) is 6. The average Bonchev–Trinajstić information content (AvgIpc) is 2.98. The largest absolute Gasteiger partial charge is 0.481 e. The van der Waals surface area contributed by atoms with E-state index in [-0.39, 0.29) is 30.5 Å². The fourth-order valence-electron chi connectivity index (χ4n) is 3.34. The molecule has 2 aromatic carbocycles. The van der Waals surface area contributed by atoms with Crippen LogP contribution in [0.25, 0.3) is 0 Å². The van der Waals surface area contributed by atoms with E-state index in [1.807, 2.05) is 14.1 Å². The van der Waals surface area contributed by atoms with E-state index in [1.165, 1.54) is 36.1 Å². The van der Waals surface area contributed by atoms with Crippen LogP contribution in [0.2, 0.25) is 0 Å². The van der Waals surface area contributed by atoms with Crippen LogP contribution in [-0.2, 0) is 26.2 Å². The number of carboxylic acid groups (broad SMARTS) is 1. The minimum absolute atomic E-state index is 0.0681. The van der Waals surface area contributed by atoms with Gasteiger partial charge in [-0.3, -0.25) is 9.59 Å². The Morgan fingerprint density at radius 1 is 1.15 bits per heavy atom. The topological polar surface area (TPSA) is 116 Å². The second-order valence-corrected chi connectivity index (χ2v) is 9.24. The summed E-state index contributed by atoms with van der Waals surface area (Å²) in [5, 5.41) is 12.6. The van der Waals surface area contributed by atoms with Gasteiger partial charge in [0.15, 0.2) is 0 Å². The van der Waals surface area contributed by atoms with Gasteiger partial charge in [0.25, 0.3) is 0 Å². The Bertz CT molecular complexity index is 1170. The standard InChI is InChI=1S/C22H22N2O6S.C2H7N/c1-3-4-13-30-18-9-11-19(12-10-18)31(28,29)24-14-17-7-5-6-8-20(17)23(16(2)25)15-21(24)22(26)27;1-3-2/h5-12,21H,13-15H2,1-2H3,(H,26,27);3H,1-2H3. The number of ether oxygens (including phenoxy) is 1. The third-order valence-corrected chi connectivity index (χ3v) is 6.76. The lowest BCUT2D eigenvalue weighted by molar-refractivity contribution is -0.141. The predicted octanol–water partition coefficient (Wildman–Crippen LogP) is 1.93. The van der Waals surface area contributed by atoms with Gasteiger partial charge in [-0.1, -0.05) is 24.1 Å². The fourth-order valence-corrected chi connectivity index (χ4v) is 4.89. The molecule has 182 valence electrons. The number of nitrogens with one attached hydrogen (secondary N) is 1. The Balaban J connectivity index is 0.00000129. The van der Waals surface area contributed by atoms with Crippen LogP contribution >= 0.6 is 0 Å². The van der Waals surface area contributed by atoms with Crippen molar-refractivity contribution in [3.8, 4) is 17.6 Å². The number of fused-ring (bicyclic) bond motifs is 1. The molecule has 3 rings (SSSR count). The van der Waals surface area contributed by atoms with Crippen LogP contribution in [0.4, 0.5) is 5.69 Å². The van der Waals surface area contributed by atoms with Crippen molar-refractivity contribution in [3.63, 3.8) is 0 Å². The maximum Gasteiger partial charge on any atom is 0.323 e. The molecule has 2 N–H and O–H groups in total. The van der Waals surface area contributed by atoms with Gasteiger partial charge < -0.3 is 20.1 Å². The van der Waals surface area contributed by atoms with Gasteiger partial charge in [0, 0.05) is 19.2 Å². The number of nitrogens with zero attached hydrogens (tertiary/aromatic N) is 2. The molecule has 0 spiro atoms. The van der Waals surface area contributed by atoms with E-state index in [1.54, 1.807) is 31.2 Å². The summed E-state index contributed by atoms with van der Waals surface area (Å²) < 4.78 is 33.1. The first-order valence-electron chi connectivity index (χ1n) is 10.5. The van der Waals surface area contributed by atoms with Crippen molar-refractivity contribution in [1.29, 1.82) is 0 Å². The molecule has 34 heavy (non-hydrogen) atoms. The first-order chi connectivity index (χ1) is 16.2. The first kappa shape index (κ1) is 26.9. The van der Waals surface area contributed by atoms with Gasteiger partial charge in [-0.2, -0.15) is 4.31 Å². The normalized spacial score (nSPS) is 15.5.